The van der Waals surface area contributed by atoms with Crippen LogP contribution in [0.1, 0.15) is 5.56 Å². The van der Waals surface area contributed by atoms with E-state index in [0.717, 1.165) is 33.1 Å². The van der Waals surface area contributed by atoms with E-state index in [9.17, 15) is 14.4 Å². The third-order valence-corrected chi connectivity index (χ3v) is 6.80. The van der Waals surface area contributed by atoms with Crippen LogP contribution in [0.15, 0.2) is 83.9 Å². The second-order valence-corrected chi connectivity index (χ2v) is 9.64. The highest BCUT2D eigenvalue weighted by Gasteiger charge is 2.36. The van der Waals surface area contributed by atoms with Gasteiger partial charge in [-0.25, -0.2) is 4.90 Å². The summed E-state index contributed by atoms with van der Waals surface area (Å²) in [6.45, 7) is 0.0727. The highest BCUT2D eigenvalue weighted by Crippen LogP contribution is 2.37. The monoisotopic (exact) mass is 521 g/mol. The molecule has 1 aliphatic heterocycles. The van der Waals surface area contributed by atoms with Crippen molar-refractivity contribution >= 4 is 80.4 Å². The van der Waals surface area contributed by atoms with Gasteiger partial charge in [0.05, 0.1) is 10.6 Å². The van der Waals surface area contributed by atoms with E-state index in [0.29, 0.717) is 26.3 Å². The van der Waals surface area contributed by atoms with Gasteiger partial charge in [0.1, 0.15) is 6.54 Å². The zero-order valence-corrected chi connectivity index (χ0v) is 20.4. The number of imide groups is 1. The molecule has 0 spiro atoms. The van der Waals surface area contributed by atoms with Gasteiger partial charge < -0.3 is 9.88 Å². The Labute approximate surface area is 215 Å². The summed E-state index contributed by atoms with van der Waals surface area (Å²) >= 11 is 12.7. The van der Waals surface area contributed by atoms with Gasteiger partial charge in [0, 0.05) is 38.4 Å². The van der Waals surface area contributed by atoms with Crippen LogP contribution in [0.4, 0.5) is 16.2 Å². The molecule has 35 heavy (non-hydrogen) atoms. The highest BCUT2D eigenvalue weighted by molar-refractivity contribution is 8.19. The first-order chi connectivity index (χ1) is 16.9. The Morgan fingerprint density at radius 2 is 1.57 bits per heavy atom. The molecule has 5 rings (SSSR count). The number of carbonyl (C=O) groups is 3. The van der Waals surface area contributed by atoms with Crippen molar-refractivity contribution in [3.8, 4) is 0 Å². The van der Waals surface area contributed by atoms with Crippen molar-refractivity contribution in [1.82, 2.24) is 4.57 Å². The number of amides is 3. The van der Waals surface area contributed by atoms with Gasteiger partial charge in [-0.05, 0) is 72.4 Å². The molecule has 0 saturated carbocycles. The first-order valence-electron chi connectivity index (χ1n) is 10.6. The summed E-state index contributed by atoms with van der Waals surface area (Å²) in [6, 6.07) is 21.0. The summed E-state index contributed by atoms with van der Waals surface area (Å²) in [5, 5.41) is 4.44. The maximum Gasteiger partial charge on any atom is 0.298 e. The van der Waals surface area contributed by atoms with E-state index in [1.165, 1.54) is 0 Å². The summed E-state index contributed by atoms with van der Waals surface area (Å²) < 4.78 is 1.82. The molecule has 1 fully saturated rings. The van der Waals surface area contributed by atoms with Crippen LogP contribution in [0.2, 0.25) is 10.0 Å². The van der Waals surface area contributed by atoms with Crippen LogP contribution in [-0.2, 0) is 16.1 Å². The van der Waals surface area contributed by atoms with E-state index in [4.69, 9.17) is 23.2 Å². The lowest BCUT2D eigenvalue weighted by Crippen LogP contribution is -2.27. The van der Waals surface area contributed by atoms with Crippen LogP contribution in [0.3, 0.4) is 0 Å². The molecule has 0 unspecified atom stereocenters. The molecular formula is C26H17Cl2N3O3S. The van der Waals surface area contributed by atoms with Gasteiger partial charge in [0.25, 0.3) is 11.1 Å². The molecule has 0 atom stereocenters. The summed E-state index contributed by atoms with van der Waals surface area (Å²) in [5.41, 5.74) is 2.68. The topological polar surface area (TPSA) is 71.4 Å². The average Bonchev–Trinajstić information content (AvgIpc) is 3.32. The predicted octanol–water partition coefficient (Wildman–Crippen LogP) is 6.83. The number of rotatable bonds is 5. The molecule has 9 heteroatoms. The molecule has 4 aromatic rings. The number of thioether (sulfide) groups is 1. The lowest BCUT2D eigenvalue weighted by molar-refractivity contribution is -0.116. The Kier molecular flexibility index (Phi) is 6.38. The third-order valence-electron chi connectivity index (χ3n) is 5.43. The molecule has 0 radical (unpaired) electrons. The zero-order valence-electron chi connectivity index (χ0n) is 18.1. The number of carbonyl (C=O) groups excluding carboxylic acids is 3. The number of halogens is 2. The second kappa shape index (κ2) is 9.62. The molecule has 174 valence electrons. The van der Waals surface area contributed by atoms with Gasteiger partial charge in [0.15, 0.2) is 0 Å². The average molecular weight is 522 g/mol. The lowest BCUT2D eigenvalue weighted by atomic mass is 10.1. The number of hydrogen-bond acceptors (Lipinski definition) is 4. The van der Waals surface area contributed by atoms with Crippen LogP contribution < -0.4 is 10.2 Å². The van der Waals surface area contributed by atoms with Crippen LogP contribution in [-0.4, -0.2) is 21.6 Å². The fourth-order valence-electron chi connectivity index (χ4n) is 3.83. The molecule has 3 amide bonds. The molecular weight excluding hydrogens is 505 g/mol. The quantitative estimate of drug-likeness (QED) is 0.292. The minimum Gasteiger partial charge on any atom is -0.337 e. The molecule has 1 aromatic heterocycles. The van der Waals surface area contributed by atoms with Crippen LogP contribution in [0.25, 0.3) is 17.0 Å². The molecule has 1 aliphatic rings. The number of aromatic nitrogens is 1. The van der Waals surface area contributed by atoms with E-state index >= 15 is 0 Å². The fraction of sp³-hybridized carbons (Fsp3) is 0.0385. The zero-order chi connectivity index (χ0) is 24.5. The van der Waals surface area contributed by atoms with E-state index in [-0.39, 0.29) is 17.7 Å². The first kappa shape index (κ1) is 23.2. The normalized spacial score (nSPS) is 14.8. The second-order valence-electron chi connectivity index (χ2n) is 7.78. The standard InChI is InChI=1S/C26H17Cl2N3O3S/c27-17-5-9-19(10-6-17)29-24(32)15-30-14-16(21-3-1-2-4-22(21)30)13-23-25(33)31(26(34)35-23)20-11-7-18(28)8-12-20/h1-14H,15H2,(H,29,32)/b23-13+. The minimum atomic E-state index is -0.403. The fourth-order valence-corrected chi connectivity index (χ4v) is 4.92. The van der Waals surface area contributed by atoms with Crippen LogP contribution >= 0.6 is 35.0 Å². The Morgan fingerprint density at radius 1 is 0.914 bits per heavy atom. The number of fused-ring (bicyclic) bond motifs is 1. The van der Waals surface area contributed by atoms with Crippen molar-refractivity contribution in [2.75, 3.05) is 10.2 Å². The minimum absolute atomic E-state index is 0.0727. The number of anilines is 2. The number of benzene rings is 3. The smallest absolute Gasteiger partial charge is 0.298 e. The van der Waals surface area contributed by atoms with Crippen molar-refractivity contribution in [1.29, 1.82) is 0 Å². The van der Waals surface area contributed by atoms with Gasteiger partial charge in [0.2, 0.25) is 5.91 Å². The molecule has 0 bridgehead atoms. The molecule has 6 nitrogen and oxygen atoms in total. The highest BCUT2D eigenvalue weighted by atomic mass is 35.5. The SMILES string of the molecule is O=C(Cn1cc(/C=C2/SC(=O)N(c3ccc(Cl)cc3)C2=O)c2ccccc21)Nc1ccc(Cl)cc1. The van der Waals surface area contributed by atoms with E-state index in [2.05, 4.69) is 5.32 Å². The van der Waals surface area contributed by atoms with E-state index in [1.54, 1.807) is 54.6 Å². The van der Waals surface area contributed by atoms with Crippen LogP contribution in [0.5, 0.6) is 0 Å². The summed E-state index contributed by atoms with van der Waals surface area (Å²) in [5.74, 6) is -0.609. The number of hydrogen-bond donors (Lipinski definition) is 1. The van der Waals surface area contributed by atoms with Gasteiger partial charge in [-0.3, -0.25) is 14.4 Å². The largest absolute Gasteiger partial charge is 0.337 e. The van der Waals surface area contributed by atoms with Crippen LogP contribution in [0, 0.1) is 0 Å². The van der Waals surface area contributed by atoms with E-state index in [1.807, 2.05) is 35.0 Å². The molecule has 3 aromatic carbocycles. The first-order valence-corrected chi connectivity index (χ1v) is 12.1. The molecule has 0 aliphatic carbocycles. The predicted molar refractivity (Wildman–Crippen MR) is 142 cm³/mol. The van der Waals surface area contributed by atoms with Crippen molar-refractivity contribution < 1.29 is 14.4 Å². The maximum atomic E-state index is 13.1. The molecule has 1 N–H and O–H groups in total. The summed E-state index contributed by atoms with van der Waals surface area (Å²) in [7, 11) is 0. The Morgan fingerprint density at radius 3 is 2.29 bits per heavy atom. The Balaban J connectivity index is 1.42. The summed E-state index contributed by atoms with van der Waals surface area (Å²) in [4.78, 5) is 39.8. The number of para-hydroxylation sites is 1. The van der Waals surface area contributed by atoms with Crippen molar-refractivity contribution in [2.45, 2.75) is 6.54 Å². The van der Waals surface area contributed by atoms with Crippen molar-refractivity contribution in [2.24, 2.45) is 0 Å². The van der Waals surface area contributed by atoms with Gasteiger partial charge in [-0.1, -0.05) is 41.4 Å². The Hall–Kier alpha value is -3.52. The van der Waals surface area contributed by atoms with Crippen molar-refractivity contribution in [3.05, 3.63) is 99.5 Å². The van der Waals surface area contributed by atoms with Gasteiger partial charge in [-0.2, -0.15) is 0 Å². The van der Waals surface area contributed by atoms with E-state index < -0.39 is 5.91 Å². The van der Waals surface area contributed by atoms with Gasteiger partial charge >= 0.3 is 0 Å². The maximum absolute atomic E-state index is 13.1. The molecule has 1 saturated heterocycles. The van der Waals surface area contributed by atoms with Crippen molar-refractivity contribution in [3.63, 3.8) is 0 Å². The lowest BCUT2D eigenvalue weighted by Gasteiger charge is -2.12. The Bertz CT molecular complexity index is 1490. The number of nitrogens with one attached hydrogen (secondary N) is 1. The third kappa shape index (κ3) is 4.84. The van der Waals surface area contributed by atoms with Gasteiger partial charge in [-0.15, -0.1) is 0 Å². The number of nitrogens with zero attached hydrogens (tertiary/aromatic N) is 2. The summed E-state index contributed by atoms with van der Waals surface area (Å²) in [6.07, 6.45) is 3.50. The molecule has 2 heterocycles.